The van der Waals surface area contributed by atoms with E-state index in [2.05, 4.69) is 29.2 Å². The van der Waals surface area contributed by atoms with Gasteiger partial charge >= 0.3 is 18.2 Å². The van der Waals surface area contributed by atoms with Gasteiger partial charge in [-0.1, -0.05) is 30.3 Å². The zero-order valence-electron chi connectivity index (χ0n) is 25.1. The number of nitrogens with zero attached hydrogens (tertiary/aromatic N) is 3. The fourth-order valence-electron chi connectivity index (χ4n) is 5.03. The second-order valence-corrected chi connectivity index (χ2v) is 12.5. The Morgan fingerprint density at radius 2 is 1.61 bits per heavy atom. The molecule has 1 saturated carbocycles. The highest BCUT2D eigenvalue weighted by Gasteiger charge is 2.63. The summed E-state index contributed by atoms with van der Waals surface area (Å²) < 4.78 is 18.3. The molecule has 0 N–H and O–H groups in total. The van der Waals surface area contributed by atoms with Crippen molar-refractivity contribution in [2.75, 3.05) is 13.2 Å². The zero-order valence-corrected chi connectivity index (χ0v) is 25.1. The van der Waals surface area contributed by atoms with Crippen molar-refractivity contribution in [3.8, 4) is 5.69 Å². The summed E-state index contributed by atoms with van der Waals surface area (Å²) in [5, 5.41) is 2.26. The van der Waals surface area contributed by atoms with Crippen LogP contribution in [0.15, 0.2) is 55.0 Å². The van der Waals surface area contributed by atoms with E-state index in [1.165, 1.54) is 0 Å². The lowest BCUT2D eigenvalue weighted by Crippen LogP contribution is -2.44. The highest BCUT2D eigenvalue weighted by atomic mass is 16.6. The molecule has 1 aliphatic carbocycles. The van der Waals surface area contributed by atoms with Gasteiger partial charge in [0, 0.05) is 18.4 Å². The van der Waals surface area contributed by atoms with Crippen LogP contribution in [-0.2, 0) is 24.4 Å². The molecule has 0 spiro atoms. The number of amides is 2. The van der Waals surface area contributed by atoms with E-state index >= 15 is 0 Å². The lowest BCUT2D eigenvalue weighted by molar-refractivity contribution is -0.146. The van der Waals surface area contributed by atoms with Crippen molar-refractivity contribution in [2.24, 2.45) is 5.92 Å². The summed E-state index contributed by atoms with van der Waals surface area (Å²) in [4.78, 5) is 44.6. The van der Waals surface area contributed by atoms with E-state index in [0.717, 1.165) is 21.4 Å². The summed E-state index contributed by atoms with van der Waals surface area (Å²) in [7, 11) is 0. The van der Waals surface area contributed by atoms with Gasteiger partial charge < -0.3 is 18.8 Å². The quantitative estimate of drug-likeness (QED) is 0.219. The zero-order chi connectivity index (χ0) is 30.0. The summed E-state index contributed by atoms with van der Waals surface area (Å²) in [6, 6.07) is 14.3. The van der Waals surface area contributed by atoms with Crippen molar-refractivity contribution < 1.29 is 28.6 Å². The van der Waals surface area contributed by atoms with Crippen LogP contribution < -0.4 is 0 Å². The molecule has 0 aliphatic heterocycles. The summed E-state index contributed by atoms with van der Waals surface area (Å²) in [6.07, 6.45) is 3.75. The monoisotopic (exact) mass is 563 g/mol. The van der Waals surface area contributed by atoms with Crippen molar-refractivity contribution in [3.63, 3.8) is 0 Å². The normalized spacial score (nSPS) is 18.6. The molecule has 2 amide bonds. The molecule has 1 aromatic heterocycles. The molecule has 220 valence electrons. The van der Waals surface area contributed by atoms with Crippen molar-refractivity contribution in [3.05, 3.63) is 60.7 Å². The molecule has 3 aromatic rings. The lowest BCUT2D eigenvalue weighted by Gasteiger charge is -2.28. The van der Waals surface area contributed by atoms with Gasteiger partial charge in [0.15, 0.2) is 0 Å². The molecule has 0 saturated heterocycles. The Labute approximate surface area is 241 Å². The van der Waals surface area contributed by atoms with Crippen molar-refractivity contribution in [1.82, 2.24) is 14.5 Å². The first-order valence-corrected chi connectivity index (χ1v) is 14.2. The average Bonchev–Trinajstić information content (AvgIpc) is 3.39. The van der Waals surface area contributed by atoms with Crippen LogP contribution in [0.3, 0.4) is 0 Å². The summed E-state index contributed by atoms with van der Waals surface area (Å²) in [5.41, 5.74) is -0.789. The molecule has 9 heteroatoms. The topological polar surface area (TPSA) is 100.0 Å². The Hall–Kier alpha value is -3.88. The standard InChI is InChI=1S/C32H41N3O6/c1-8-39-27(36)32(26-20-34(21-33-26)25-16-15-22-12-9-10-13-23(22)18-25)19-24(32)14-11-17-35(28(37)40-30(2,3)4)29(38)41-31(5,6)7/h9-10,12-13,15-16,18,20-21,24H,8,11,14,17,19H2,1-7H3/t24-,32?/m1/s1. The third-order valence-corrected chi connectivity index (χ3v) is 6.98. The summed E-state index contributed by atoms with van der Waals surface area (Å²) in [5.74, 6) is -0.342. The molecule has 1 unspecified atom stereocenters. The lowest BCUT2D eigenvalue weighted by atomic mass is 9.97. The summed E-state index contributed by atoms with van der Waals surface area (Å²) >= 11 is 0. The van der Waals surface area contributed by atoms with Crippen LogP contribution in [0.25, 0.3) is 16.5 Å². The number of aromatic nitrogens is 2. The molecule has 41 heavy (non-hydrogen) atoms. The molecule has 2 aromatic carbocycles. The van der Waals surface area contributed by atoms with Crippen LogP contribution >= 0.6 is 0 Å². The molecule has 1 heterocycles. The third kappa shape index (κ3) is 7.07. The Balaban J connectivity index is 1.50. The minimum absolute atomic E-state index is 0.0411. The molecule has 2 atom stereocenters. The second kappa shape index (κ2) is 11.5. The summed E-state index contributed by atoms with van der Waals surface area (Å²) in [6.45, 7) is 12.6. The van der Waals surface area contributed by atoms with Crippen LogP contribution in [0.2, 0.25) is 0 Å². The maximum absolute atomic E-state index is 13.3. The number of hydrogen-bond acceptors (Lipinski definition) is 7. The first-order chi connectivity index (χ1) is 19.2. The van der Waals surface area contributed by atoms with Crippen LogP contribution in [0.1, 0.15) is 73.4 Å². The molecule has 1 aliphatic rings. The Bertz CT molecular complexity index is 1390. The van der Waals surface area contributed by atoms with Gasteiger partial charge in [-0.3, -0.25) is 4.79 Å². The van der Waals surface area contributed by atoms with Gasteiger partial charge in [0.05, 0.1) is 18.6 Å². The van der Waals surface area contributed by atoms with Gasteiger partial charge in [-0.2, -0.15) is 0 Å². The van der Waals surface area contributed by atoms with E-state index in [0.29, 0.717) is 25.0 Å². The molecule has 0 bridgehead atoms. The smallest absolute Gasteiger partial charge is 0.419 e. The van der Waals surface area contributed by atoms with Gasteiger partial charge in [-0.05, 0) is 96.6 Å². The van der Waals surface area contributed by atoms with Crippen LogP contribution in [0.5, 0.6) is 0 Å². The fraction of sp³-hybridized carbons (Fsp3) is 0.500. The highest BCUT2D eigenvalue weighted by Crippen LogP contribution is 2.57. The van der Waals surface area contributed by atoms with E-state index in [1.807, 2.05) is 29.0 Å². The van der Waals surface area contributed by atoms with Crippen molar-refractivity contribution >= 4 is 28.9 Å². The molecule has 1 fully saturated rings. The van der Waals surface area contributed by atoms with Gasteiger partial charge in [-0.15, -0.1) is 0 Å². The van der Waals surface area contributed by atoms with Crippen LogP contribution in [-0.4, -0.2) is 57.0 Å². The number of imidazole rings is 1. The Morgan fingerprint density at radius 3 is 2.22 bits per heavy atom. The van der Waals surface area contributed by atoms with Crippen LogP contribution in [0, 0.1) is 5.92 Å². The van der Waals surface area contributed by atoms with Gasteiger partial charge in [0.2, 0.25) is 0 Å². The molecule has 9 nitrogen and oxygen atoms in total. The molecular formula is C32H41N3O6. The first-order valence-electron chi connectivity index (χ1n) is 14.2. The van der Waals surface area contributed by atoms with Gasteiger partial charge in [0.25, 0.3) is 0 Å². The van der Waals surface area contributed by atoms with E-state index in [9.17, 15) is 14.4 Å². The number of imide groups is 1. The molecule has 4 rings (SSSR count). The van der Waals surface area contributed by atoms with E-state index in [4.69, 9.17) is 14.2 Å². The molecular weight excluding hydrogens is 522 g/mol. The Morgan fingerprint density at radius 1 is 0.976 bits per heavy atom. The van der Waals surface area contributed by atoms with E-state index in [-0.39, 0.29) is 25.0 Å². The number of benzene rings is 2. The Kier molecular flexibility index (Phi) is 8.47. The van der Waals surface area contributed by atoms with Gasteiger partial charge in [-0.25, -0.2) is 19.5 Å². The number of hydrogen-bond donors (Lipinski definition) is 0. The van der Waals surface area contributed by atoms with Crippen molar-refractivity contribution in [1.29, 1.82) is 0 Å². The minimum Gasteiger partial charge on any atom is -0.465 e. The number of ether oxygens (including phenoxy) is 3. The largest absolute Gasteiger partial charge is 0.465 e. The molecule has 0 radical (unpaired) electrons. The first kappa shape index (κ1) is 30.1. The van der Waals surface area contributed by atoms with Gasteiger partial charge in [0.1, 0.15) is 16.6 Å². The number of carbonyl (C=O) groups is 3. The van der Waals surface area contributed by atoms with E-state index in [1.54, 1.807) is 54.8 Å². The number of fused-ring (bicyclic) bond motifs is 1. The fourth-order valence-corrected chi connectivity index (χ4v) is 5.03. The minimum atomic E-state index is -0.860. The maximum atomic E-state index is 13.3. The van der Waals surface area contributed by atoms with Crippen molar-refractivity contribution in [2.45, 2.75) is 84.3 Å². The average molecular weight is 564 g/mol. The maximum Gasteiger partial charge on any atom is 0.419 e. The number of carbonyl (C=O) groups excluding carboxylic acids is 3. The number of rotatable bonds is 8. The van der Waals surface area contributed by atoms with E-state index < -0.39 is 28.8 Å². The SMILES string of the molecule is CCOC(=O)C1(c2cn(-c3ccc4ccccc4c3)cn2)C[C@H]1CCCN(C(=O)OC(C)(C)C)C(=O)OC(C)(C)C. The highest BCUT2D eigenvalue weighted by molar-refractivity contribution is 5.88. The second-order valence-electron chi connectivity index (χ2n) is 12.5. The predicted octanol–water partition coefficient (Wildman–Crippen LogP) is 6.80. The third-order valence-electron chi connectivity index (χ3n) is 6.98. The predicted molar refractivity (Wildman–Crippen MR) is 156 cm³/mol. The van der Waals surface area contributed by atoms with Crippen LogP contribution in [0.4, 0.5) is 9.59 Å². The number of esters is 1.